The number of morpholine rings is 1. The second-order valence-corrected chi connectivity index (χ2v) is 9.85. The molecule has 2 aromatic carbocycles. The molecule has 4 rings (SSSR count). The van der Waals surface area contributed by atoms with Gasteiger partial charge < -0.3 is 9.64 Å². The Hall–Kier alpha value is -2.70. The molecule has 30 heavy (non-hydrogen) atoms. The molecule has 0 spiro atoms. The smallest absolute Gasteiger partial charge is 0.250 e. The van der Waals surface area contributed by atoms with Gasteiger partial charge in [-0.15, -0.1) is 11.3 Å². The highest BCUT2D eigenvalue weighted by Crippen LogP contribution is 2.33. The standard InChI is InChI=1S/C22H21N3O3S2/c1-24-30(26,27)21(15-23)14-20-6-7-22(29-20)18-3-2-17-13-19(5-4-16(17)12-18)25-8-10-28-11-9-25/h2-7,12-14,24H,8-11H2,1H3/b21-14+. The number of benzene rings is 2. The quantitative estimate of drug-likeness (QED) is 0.611. The molecule has 0 unspecified atom stereocenters. The Morgan fingerprint density at radius 1 is 1.13 bits per heavy atom. The van der Waals surface area contributed by atoms with E-state index in [1.165, 1.54) is 35.5 Å². The molecule has 154 valence electrons. The van der Waals surface area contributed by atoms with Crippen LogP contribution in [-0.4, -0.2) is 41.8 Å². The second kappa shape index (κ2) is 8.58. The molecule has 8 heteroatoms. The van der Waals surface area contributed by atoms with Gasteiger partial charge >= 0.3 is 0 Å². The van der Waals surface area contributed by atoms with Gasteiger partial charge in [0.25, 0.3) is 10.0 Å². The minimum atomic E-state index is -3.76. The van der Waals surface area contributed by atoms with E-state index in [-0.39, 0.29) is 4.91 Å². The van der Waals surface area contributed by atoms with Crippen molar-refractivity contribution < 1.29 is 13.2 Å². The van der Waals surface area contributed by atoms with Crippen LogP contribution >= 0.6 is 11.3 Å². The molecule has 0 saturated carbocycles. The van der Waals surface area contributed by atoms with Crippen molar-refractivity contribution in [2.45, 2.75) is 0 Å². The Balaban J connectivity index is 1.62. The van der Waals surface area contributed by atoms with Crippen molar-refractivity contribution in [2.75, 3.05) is 38.3 Å². The maximum Gasteiger partial charge on any atom is 0.250 e. The van der Waals surface area contributed by atoms with Gasteiger partial charge in [0.05, 0.1) is 13.2 Å². The SMILES string of the molecule is CNS(=O)(=O)/C(C#N)=C/c1ccc(-c2ccc3cc(N4CCOCC4)ccc3c2)s1. The fraction of sp³-hybridized carbons (Fsp3) is 0.227. The normalized spacial score (nSPS) is 15.3. The van der Waals surface area contributed by atoms with Gasteiger partial charge in [-0.3, -0.25) is 0 Å². The molecule has 0 aliphatic carbocycles. The molecule has 0 radical (unpaired) electrons. The summed E-state index contributed by atoms with van der Waals surface area (Å²) >= 11 is 1.45. The van der Waals surface area contributed by atoms with Crippen LogP contribution in [0.4, 0.5) is 5.69 Å². The molecular weight excluding hydrogens is 418 g/mol. The topological polar surface area (TPSA) is 82.4 Å². The predicted molar refractivity (Wildman–Crippen MR) is 122 cm³/mol. The van der Waals surface area contributed by atoms with E-state index >= 15 is 0 Å². The summed E-state index contributed by atoms with van der Waals surface area (Å²) in [6, 6.07) is 18.3. The van der Waals surface area contributed by atoms with E-state index in [4.69, 9.17) is 10.00 Å². The van der Waals surface area contributed by atoms with Crippen LogP contribution in [0.1, 0.15) is 4.88 Å². The Bertz CT molecular complexity index is 1250. The van der Waals surface area contributed by atoms with E-state index < -0.39 is 10.0 Å². The highest BCUT2D eigenvalue weighted by Gasteiger charge is 2.16. The van der Waals surface area contributed by atoms with E-state index in [0.717, 1.165) is 42.1 Å². The lowest BCUT2D eigenvalue weighted by atomic mass is 10.0. The van der Waals surface area contributed by atoms with Crippen LogP contribution in [0.25, 0.3) is 27.3 Å². The van der Waals surface area contributed by atoms with Crippen LogP contribution in [0.3, 0.4) is 0 Å². The van der Waals surface area contributed by atoms with Crippen LogP contribution in [0.15, 0.2) is 53.4 Å². The lowest BCUT2D eigenvalue weighted by molar-refractivity contribution is 0.122. The number of anilines is 1. The third-order valence-corrected chi connectivity index (χ3v) is 7.46. The summed E-state index contributed by atoms with van der Waals surface area (Å²) < 4.78 is 31.4. The number of nitrogens with zero attached hydrogens (tertiary/aromatic N) is 2. The van der Waals surface area contributed by atoms with Gasteiger partial charge in [0.1, 0.15) is 6.07 Å². The van der Waals surface area contributed by atoms with Crippen molar-refractivity contribution in [3.8, 4) is 16.5 Å². The minimum absolute atomic E-state index is 0.299. The summed E-state index contributed by atoms with van der Waals surface area (Å²) in [6.07, 6.45) is 1.40. The summed E-state index contributed by atoms with van der Waals surface area (Å²) in [5.74, 6) is 0. The van der Waals surface area contributed by atoms with Crippen LogP contribution in [-0.2, 0) is 14.8 Å². The molecule has 1 saturated heterocycles. The third kappa shape index (κ3) is 4.25. The molecule has 0 amide bonds. The summed E-state index contributed by atoms with van der Waals surface area (Å²) in [4.78, 5) is 3.76. The van der Waals surface area contributed by atoms with Crippen molar-refractivity contribution in [3.63, 3.8) is 0 Å². The first-order valence-corrected chi connectivity index (χ1v) is 11.8. The molecule has 0 bridgehead atoms. The largest absolute Gasteiger partial charge is 0.378 e. The number of ether oxygens (including phenoxy) is 1. The molecule has 1 N–H and O–H groups in total. The number of thiophene rings is 1. The van der Waals surface area contributed by atoms with Gasteiger partial charge in [0, 0.05) is 28.5 Å². The van der Waals surface area contributed by atoms with E-state index in [1.54, 1.807) is 6.07 Å². The summed E-state index contributed by atoms with van der Waals surface area (Å²) in [5.41, 5.74) is 2.26. The molecular formula is C22H21N3O3S2. The Morgan fingerprint density at radius 3 is 2.60 bits per heavy atom. The lowest BCUT2D eigenvalue weighted by Gasteiger charge is -2.29. The number of rotatable bonds is 5. The van der Waals surface area contributed by atoms with Crippen molar-refractivity contribution in [3.05, 3.63) is 58.3 Å². The van der Waals surface area contributed by atoms with Gasteiger partial charge in [-0.05, 0) is 59.8 Å². The average Bonchev–Trinajstić information content (AvgIpc) is 3.26. The number of nitrogens with one attached hydrogen (secondary N) is 1. The first kappa shape index (κ1) is 20.6. The molecule has 1 aromatic heterocycles. The Labute approximate surface area is 180 Å². The fourth-order valence-corrected chi connectivity index (χ4v) is 5.04. The maximum absolute atomic E-state index is 11.9. The summed E-state index contributed by atoms with van der Waals surface area (Å²) in [7, 11) is -2.47. The number of hydrogen-bond acceptors (Lipinski definition) is 6. The molecule has 6 nitrogen and oxygen atoms in total. The van der Waals surface area contributed by atoms with Crippen molar-refractivity contribution in [1.29, 1.82) is 5.26 Å². The van der Waals surface area contributed by atoms with Crippen LogP contribution in [0.5, 0.6) is 0 Å². The number of fused-ring (bicyclic) bond motifs is 1. The van der Waals surface area contributed by atoms with Crippen molar-refractivity contribution >= 4 is 43.9 Å². The highest BCUT2D eigenvalue weighted by molar-refractivity contribution is 7.93. The predicted octanol–water partition coefficient (Wildman–Crippen LogP) is 3.82. The van der Waals surface area contributed by atoms with E-state index in [9.17, 15) is 8.42 Å². The number of sulfonamides is 1. The molecule has 1 aliphatic heterocycles. The molecule has 2 heterocycles. The van der Waals surface area contributed by atoms with Gasteiger partial charge in [-0.25, -0.2) is 13.1 Å². The monoisotopic (exact) mass is 439 g/mol. The molecule has 0 atom stereocenters. The third-order valence-electron chi connectivity index (χ3n) is 5.05. The Morgan fingerprint density at radius 2 is 1.87 bits per heavy atom. The van der Waals surface area contributed by atoms with E-state index in [0.29, 0.717) is 4.88 Å². The number of allylic oxidation sites excluding steroid dienone is 1. The lowest BCUT2D eigenvalue weighted by Crippen LogP contribution is -2.36. The summed E-state index contributed by atoms with van der Waals surface area (Å²) in [6.45, 7) is 3.33. The van der Waals surface area contributed by atoms with Crippen molar-refractivity contribution in [2.24, 2.45) is 0 Å². The van der Waals surface area contributed by atoms with Gasteiger partial charge in [-0.2, -0.15) is 5.26 Å². The molecule has 1 aliphatic rings. The van der Waals surface area contributed by atoms with Gasteiger partial charge in [0.15, 0.2) is 4.91 Å². The van der Waals surface area contributed by atoms with E-state index in [1.807, 2.05) is 12.1 Å². The van der Waals surface area contributed by atoms with Crippen molar-refractivity contribution in [1.82, 2.24) is 4.72 Å². The fourth-order valence-electron chi connectivity index (χ4n) is 3.40. The zero-order valence-corrected chi connectivity index (χ0v) is 18.1. The number of hydrogen-bond donors (Lipinski definition) is 1. The molecule has 1 fully saturated rings. The second-order valence-electron chi connectivity index (χ2n) is 6.88. The first-order chi connectivity index (χ1) is 14.5. The van der Waals surface area contributed by atoms with Crippen LogP contribution < -0.4 is 9.62 Å². The van der Waals surface area contributed by atoms with Gasteiger partial charge in [-0.1, -0.05) is 18.2 Å². The first-order valence-electron chi connectivity index (χ1n) is 9.52. The average molecular weight is 440 g/mol. The van der Waals surface area contributed by atoms with E-state index in [2.05, 4.69) is 46.0 Å². The highest BCUT2D eigenvalue weighted by atomic mass is 32.2. The maximum atomic E-state index is 11.9. The minimum Gasteiger partial charge on any atom is -0.378 e. The zero-order chi connectivity index (χ0) is 21.1. The van der Waals surface area contributed by atoms with Crippen LogP contribution in [0, 0.1) is 11.3 Å². The molecule has 3 aromatic rings. The number of nitriles is 1. The van der Waals surface area contributed by atoms with Gasteiger partial charge in [0.2, 0.25) is 0 Å². The summed E-state index contributed by atoms with van der Waals surface area (Å²) in [5, 5.41) is 11.5. The Kier molecular flexibility index (Phi) is 5.88. The van der Waals surface area contributed by atoms with Crippen LogP contribution in [0.2, 0.25) is 0 Å². The zero-order valence-electron chi connectivity index (χ0n) is 16.5.